The lowest BCUT2D eigenvalue weighted by atomic mass is 9.85. The first kappa shape index (κ1) is 59.3. The summed E-state index contributed by atoms with van der Waals surface area (Å²) in [6.07, 6.45) is 0.707. The Morgan fingerprint density at radius 1 is 0.787 bits per heavy atom. The number of fused-ring (bicyclic) bond motifs is 1. The molecular formula is C57H72N10O11S2. The molecule has 4 amide bonds. The molecule has 21 nitrogen and oxygen atoms in total. The maximum Gasteiger partial charge on any atom is 0.247 e. The Morgan fingerprint density at radius 3 is 2.02 bits per heavy atom. The van der Waals surface area contributed by atoms with Gasteiger partial charge in [-0.25, -0.2) is 17.9 Å². The molecule has 80 heavy (non-hydrogen) atoms. The number of likely N-dealkylation sites (tertiary alicyclic amines) is 1. The van der Waals surface area contributed by atoms with E-state index in [4.69, 9.17) is 18.9 Å². The van der Waals surface area contributed by atoms with Crippen molar-refractivity contribution in [3.05, 3.63) is 108 Å². The number of carbonyl (C=O) groups is 4. The van der Waals surface area contributed by atoms with Gasteiger partial charge in [0.1, 0.15) is 12.1 Å². The van der Waals surface area contributed by atoms with Crippen LogP contribution in [0.5, 0.6) is 0 Å². The molecule has 6 aromatic rings. The van der Waals surface area contributed by atoms with E-state index in [0.717, 1.165) is 44.3 Å². The van der Waals surface area contributed by atoms with Crippen molar-refractivity contribution >= 4 is 67.8 Å². The molecule has 0 radical (unpaired) electrons. The predicted octanol–water partition coefficient (Wildman–Crippen LogP) is 5.28. The lowest BCUT2D eigenvalue weighted by molar-refractivity contribution is -0.144. The smallest absolute Gasteiger partial charge is 0.247 e. The molecule has 8 rings (SSSR count). The highest BCUT2D eigenvalue weighted by atomic mass is 32.2. The highest BCUT2D eigenvalue weighted by molar-refractivity contribution is 7.90. The summed E-state index contributed by atoms with van der Waals surface area (Å²) in [6.45, 7) is 12.7. The normalized spacial score (nSPS) is 16.2. The average molecular weight is 1140 g/mol. The van der Waals surface area contributed by atoms with Gasteiger partial charge in [-0.1, -0.05) is 63.2 Å². The molecule has 0 bridgehead atoms. The van der Waals surface area contributed by atoms with Crippen LogP contribution in [0, 0.1) is 12.3 Å². The third kappa shape index (κ3) is 16.2. The van der Waals surface area contributed by atoms with E-state index in [1.165, 1.54) is 11.2 Å². The van der Waals surface area contributed by atoms with E-state index in [-0.39, 0.29) is 68.2 Å². The maximum atomic E-state index is 14.0. The summed E-state index contributed by atoms with van der Waals surface area (Å²) in [7, 11) is -3.31. The number of thiazole rings is 1. The van der Waals surface area contributed by atoms with E-state index in [2.05, 4.69) is 35.9 Å². The van der Waals surface area contributed by atoms with Gasteiger partial charge in [0.25, 0.3) is 0 Å². The molecule has 2 fully saturated rings. The van der Waals surface area contributed by atoms with Crippen LogP contribution in [0.1, 0.15) is 51.3 Å². The van der Waals surface area contributed by atoms with Crippen molar-refractivity contribution in [2.24, 2.45) is 5.41 Å². The largest absolute Gasteiger partial charge is 0.391 e. The summed E-state index contributed by atoms with van der Waals surface area (Å²) in [5.41, 5.74) is 8.11. The summed E-state index contributed by atoms with van der Waals surface area (Å²) in [5, 5.41) is 24.3. The van der Waals surface area contributed by atoms with Gasteiger partial charge in [0.2, 0.25) is 29.6 Å². The fourth-order valence-corrected chi connectivity index (χ4v) is 10.8. The first-order valence-corrected chi connectivity index (χ1v) is 29.6. The Labute approximate surface area is 470 Å². The lowest BCUT2D eigenvalue weighted by Crippen LogP contribution is -2.57. The number of hydrogen-bond donors (Lipinski definition) is 4. The van der Waals surface area contributed by atoms with E-state index in [1.54, 1.807) is 40.1 Å². The second-order valence-electron chi connectivity index (χ2n) is 20.8. The van der Waals surface area contributed by atoms with Crippen molar-refractivity contribution in [3.8, 4) is 21.7 Å². The van der Waals surface area contributed by atoms with Crippen LogP contribution in [-0.4, -0.2) is 177 Å². The van der Waals surface area contributed by atoms with Crippen LogP contribution in [0.4, 0.5) is 17.3 Å². The van der Waals surface area contributed by atoms with E-state index in [1.807, 2.05) is 105 Å². The van der Waals surface area contributed by atoms with E-state index in [0.29, 0.717) is 77.4 Å². The molecule has 3 aromatic carbocycles. The molecule has 0 saturated carbocycles. The number of benzene rings is 3. The van der Waals surface area contributed by atoms with E-state index in [9.17, 15) is 32.7 Å². The lowest BCUT2D eigenvalue weighted by Gasteiger charge is -2.36. The maximum absolute atomic E-state index is 14.0. The number of aromatic nitrogens is 4. The SMILES string of the molecule is Cc1ncsc1-c1ccc(CNC(=O)[C@@H]2C[C@@H](O)CN2C(=O)[C@@H](NC(=O)CCOCCOCCOCCOCCC(=O)N2CCN(c3ccc(Nc4nc5cccc(-c6ccc(S(C)(=O)=O)cc6)n5n4)cc3)CC2)C(C)(C)C)cc1. The van der Waals surface area contributed by atoms with Crippen molar-refractivity contribution in [2.45, 2.75) is 76.6 Å². The van der Waals surface area contributed by atoms with Crippen molar-refractivity contribution in [2.75, 3.05) is 102 Å². The molecule has 3 atom stereocenters. The third-order valence-corrected chi connectivity index (χ3v) is 15.9. The molecule has 428 valence electrons. The number of β-amino-alcohol motifs (C(OH)–C–C–N with tert-alkyl or cyclic N) is 1. The number of amides is 4. The number of aliphatic hydroxyl groups excluding tert-OH is 1. The number of anilines is 3. The second kappa shape index (κ2) is 27.5. The molecule has 2 aliphatic rings. The van der Waals surface area contributed by atoms with Gasteiger partial charge in [0, 0.05) is 75.3 Å². The van der Waals surface area contributed by atoms with Gasteiger partial charge >= 0.3 is 0 Å². The van der Waals surface area contributed by atoms with Crippen molar-refractivity contribution in [1.29, 1.82) is 0 Å². The molecule has 0 aliphatic carbocycles. The van der Waals surface area contributed by atoms with Gasteiger partial charge in [-0.05, 0) is 72.0 Å². The number of pyridine rings is 1. The number of nitrogens with zero attached hydrogens (tertiary/aromatic N) is 7. The number of sulfone groups is 1. The standard InChI is InChI=1S/C57H72N10O11S2/c1-39-52(79-38-59-39)42-11-9-40(10-12-42)36-58-54(71)48-35-45(68)37-66(48)55(72)53(57(2,3)4)62-50(69)21-27-75-29-31-77-33-34-78-32-30-76-28-22-51(70)65-25-23-64(24-26-65)44-17-15-43(16-18-44)60-56-61-49-8-6-7-47(67(49)63-56)41-13-19-46(20-14-41)80(5,73)74/h6-20,38,45,48,53,68H,21-37H2,1-5H3,(H,58,71)(H,60,63)(H,62,69)/t45-,48+,53-/m1/s1. The summed E-state index contributed by atoms with van der Waals surface area (Å²) in [4.78, 5) is 69.2. The minimum absolute atomic E-state index is 0.0134. The third-order valence-electron chi connectivity index (χ3n) is 13.8. The van der Waals surface area contributed by atoms with Gasteiger partial charge in [-0.3, -0.25) is 19.2 Å². The van der Waals surface area contributed by atoms with Crippen LogP contribution >= 0.6 is 11.3 Å². The van der Waals surface area contributed by atoms with Gasteiger partial charge in [-0.15, -0.1) is 16.4 Å². The van der Waals surface area contributed by atoms with Gasteiger partial charge in [0.15, 0.2) is 15.5 Å². The Bertz CT molecular complexity index is 3140. The summed E-state index contributed by atoms with van der Waals surface area (Å²) in [6, 6.07) is 26.4. The Balaban J connectivity index is 0.639. The molecular weight excluding hydrogens is 1060 g/mol. The quantitative estimate of drug-likeness (QED) is 0.0505. The molecule has 0 spiro atoms. The Morgan fingerprint density at radius 2 is 1.41 bits per heavy atom. The first-order valence-electron chi connectivity index (χ1n) is 26.8. The number of carbonyl (C=O) groups excluding carboxylic acids is 4. The predicted molar refractivity (Wildman–Crippen MR) is 304 cm³/mol. The summed E-state index contributed by atoms with van der Waals surface area (Å²) >= 11 is 1.57. The van der Waals surface area contributed by atoms with Crippen LogP contribution in [-0.2, 0) is 54.5 Å². The van der Waals surface area contributed by atoms with Crippen LogP contribution in [0.2, 0.25) is 0 Å². The number of rotatable bonds is 26. The molecule has 5 heterocycles. The number of piperazine rings is 1. The number of aryl methyl sites for hydroxylation is 1. The molecule has 3 aromatic heterocycles. The summed E-state index contributed by atoms with van der Waals surface area (Å²) < 4.78 is 48.1. The highest BCUT2D eigenvalue weighted by Gasteiger charge is 2.44. The average Bonchev–Trinajstić information content (AvgIpc) is 4.24. The van der Waals surface area contributed by atoms with Crippen molar-refractivity contribution in [1.82, 2.24) is 40.0 Å². The zero-order valence-electron chi connectivity index (χ0n) is 46.0. The number of hydrogen-bond acceptors (Lipinski definition) is 17. The molecule has 2 saturated heterocycles. The molecule has 23 heteroatoms. The summed E-state index contributed by atoms with van der Waals surface area (Å²) in [5.74, 6) is -0.701. The van der Waals surface area contributed by atoms with Gasteiger partial charge < -0.3 is 54.7 Å². The van der Waals surface area contributed by atoms with Gasteiger partial charge in [-0.2, -0.15) is 4.98 Å². The minimum atomic E-state index is -3.31. The van der Waals surface area contributed by atoms with Gasteiger partial charge in [0.05, 0.1) is 92.1 Å². The molecule has 2 aliphatic heterocycles. The van der Waals surface area contributed by atoms with E-state index < -0.39 is 39.3 Å². The molecule has 0 unspecified atom stereocenters. The van der Waals surface area contributed by atoms with Crippen molar-refractivity contribution < 1.29 is 51.6 Å². The minimum Gasteiger partial charge on any atom is -0.391 e. The zero-order chi connectivity index (χ0) is 56.8. The second-order valence-corrected chi connectivity index (χ2v) is 23.7. The first-order chi connectivity index (χ1) is 38.4. The number of nitrogens with one attached hydrogen (secondary N) is 3. The fourth-order valence-electron chi connectivity index (χ4n) is 9.41. The monoisotopic (exact) mass is 1140 g/mol. The van der Waals surface area contributed by atoms with Crippen LogP contribution in [0.25, 0.3) is 27.3 Å². The number of ether oxygens (including phenoxy) is 4. The van der Waals surface area contributed by atoms with Crippen LogP contribution in [0.3, 0.4) is 0 Å². The fraction of sp³-hybridized carbons (Fsp3) is 0.456. The highest BCUT2D eigenvalue weighted by Crippen LogP contribution is 2.30. The topological polar surface area (TPSA) is 248 Å². The molecule has 4 N–H and O–H groups in total. The number of aliphatic hydroxyl groups is 1. The Hall–Kier alpha value is -6.86. The van der Waals surface area contributed by atoms with Crippen LogP contribution < -0.4 is 20.9 Å². The van der Waals surface area contributed by atoms with E-state index >= 15 is 0 Å². The Kier molecular flexibility index (Phi) is 20.4. The zero-order valence-corrected chi connectivity index (χ0v) is 47.6. The van der Waals surface area contributed by atoms with Crippen LogP contribution in [0.15, 0.2) is 101 Å². The van der Waals surface area contributed by atoms with Crippen molar-refractivity contribution in [3.63, 3.8) is 0 Å².